The zero-order chi connectivity index (χ0) is 19.6. The minimum Gasteiger partial charge on any atom is -0.378 e. The third-order valence-electron chi connectivity index (χ3n) is 5.41. The highest BCUT2D eigenvalue weighted by Crippen LogP contribution is 2.24. The van der Waals surface area contributed by atoms with Crippen molar-refractivity contribution < 1.29 is 9.47 Å². The molecular weight excluding hydrogens is 370 g/mol. The number of rotatable bonds is 4. The van der Waals surface area contributed by atoms with E-state index in [0.717, 1.165) is 42.3 Å². The van der Waals surface area contributed by atoms with Crippen molar-refractivity contribution in [2.24, 2.45) is 5.73 Å². The average Bonchev–Trinajstić information content (AvgIpc) is 3.24. The molecule has 2 aliphatic rings. The normalized spacial score (nSPS) is 20.4. The van der Waals surface area contributed by atoms with E-state index in [9.17, 15) is 0 Å². The highest BCUT2D eigenvalue weighted by Gasteiger charge is 2.24. The Morgan fingerprint density at radius 2 is 1.79 bits per heavy atom. The second-order valence-corrected chi connectivity index (χ2v) is 7.26. The number of imidazole rings is 1. The molecule has 0 bridgehead atoms. The van der Waals surface area contributed by atoms with Gasteiger partial charge >= 0.3 is 0 Å². The molecule has 1 atom stereocenters. The van der Waals surface area contributed by atoms with Crippen molar-refractivity contribution >= 4 is 22.8 Å². The van der Waals surface area contributed by atoms with E-state index in [1.54, 1.807) is 0 Å². The average molecular weight is 395 g/mol. The monoisotopic (exact) mass is 395 g/mol. The molecule has 2 fully saturated rings. The molecule has 2 saturated heterocycles. The van der Waals surface area contributed by atoms with E-state index in [4.69, 9.17) is 25.2 Å². The van der Waals surface area contributed by atoms with Crippen LogP contribution in [-0.4, -0.2) is 78.2 Å². The highest BCUT2D eigenvalue weighted by atomic mass is 16.5. The van der Waals surface area contributed by atoms with Gasteiger partial charge in [0.05, 0.1) is 37.0 Å². The molecule has 2 N–H and O–H groups in total. The van der Waals surface area contributed by atoms with Gasteiger partial charge in [0.2, 0.25) is 5.95 Å². The zero-order valence-corrected chi connectivity index (χ0v) is 16.3. The molecule has 3 aromatic rings. The van der Waals surface area contributed by atoms with Gasteiger partial charge in [-0.2, -0.15) is 9.97 Å². The number of anilines is 2. The Balaban J connectivity index is 1.58. The summed E-state index contributed by atoms with van der Waals surface area (Å²) < 4.78 is 13.3. The molecule has 0 aliphatic carbocycles. The van der Waals surface area contributed by atoms with E-state index in [1.807, 2.05) is 35.2 Å². The summed E-state index contributed by atoms with van der Waals surface area (Å²) in [5, 5.41) is 0. The molecule has 1 unspecified atom stereocenters. The largest absolute Gasteiger partial charge is 0.378 e. The van der Waals surface area contributed by atoms with Crippen LogP contribution in [0, 0.1) is 0 Å². The Bertz CT molecular complexity index is 986. The number of hydrogen-bond donors (Lipinski definition) is 1. The molecule has 2 aromatic heterocycles. The van der Waals surface area contributed by atoms with Crippen molar-refractivity contribution in [2.45, 2.75) is 6.10 Å². The Labute approximate surface area is 169 Å². The summed E-state index contributed by atoms with van der Waals surface area (Å²) in [7, 11) is 0. The number of aromatic nitrogens is 4. The highest BCUT2D eigenvalue weighted by molar-refractivity contribution is 5.77. The summed E-state index contributed by atoms with van der Waals surface area (Å²) in [5.74, 6) is 2.41. The van der Waals surface area contributed by atoms with Crippen molar-refractivity contribution in [3.63, 3.8) is 0 Å². The summed E-state index contributed by atoms with van der Waals surface area (Å²) in [5.41, 5.74) is 7.79. The Kier molecular flexibility index (Phi) is 5.01. The topological polar surface area (TPSA) is 94.6 Å². The number of morpholine rings is 2. The SMILES string of the molecule is NCC1CN(c2nc(N3CCOCC3)cc(-n3cnc4ccccc43)n2)CCO1. The fourth-order valence-corrected chi connectivity index (χ4v) is 3.81. The van der Waals surface area contributed by atoms with Gasteiger partial charge in [-0.15, -0.1) is 0 Å². The lowest BCUT2D eigenvalue weighted by Gasteiger charge is -2.34. The quantitative estimate of drug-likeness (QED) is 0.694. The Hall–Kier alpha value is -2.75. The van der Waals surface area contributed by atoms with Crippen LogP contribution in [0.3, 0.4) is 0 Å². The summed E-state index contributed by atoms with van der Waals surface area (Å²) in [4.78, 5) is 18.7. The summed E-state index contributed by atoms with van der Waals surface area (Å²) in [6.07, 6.45) is 1.82. The van der Waals surface area contributed by atoms with Crippen LogP contribution in [0.4, 0.5) is 11.8 Å². The van der Waals surface area contributed by atoms with Crippen LogP contribution in [-0.2, 0) is 9.47 Å². The van der Waals surface area contributed by atoms with Crippen LogP contribution in [0.15, 0.2) is 36.7 Å². The second kappa shape index (κ2) is 7.94. The maximum atomic E-state index is 5.83. The molecule has 29 heavy (non-hydrogen) atoms. The minimum atomic E-state index is -0.00285. The third kappa shape index (κ3) is 3.64. The van der Waals surface area contributed by atoms with Crippen molar-refractivity contribution in [3.05, 3.63) is 36.7 Å². The van der Waals surface area contributed by atoms with Gasteiger partial charge < -0.3 is 25.0 Å². The minimum absolute atomic E-state index is 0.00285. The molecule has 4 heterocycles. The molecule has 1 aromatic carbocycles. The molecular formula is C20H25N7O2. The fraction of sp³-hybridized carbons (Fsp3) is 0.450. The standard InChI is InChI=1S/C20H25N7O2/c21-12-15-13-26(7-10-29-15)20-23-18(25-5-8-28-9-6-25)11-19(24-20)27-14-22-16-3-1-2-4-17(16)27/h1-4,11,14-15H,5-10,12-13,21H2. The smallest absolute Gasteiger partial charge is 0.229 e. The van der Waals surface area contributed by atoms with Gasteiger partial charge in [-0.05, 0) is 12.1 Å². The van der Waals surface area contributed by atoms with Crippen LogP contribution in [0.1, 0.15) is 0 Å². The first kappa shape index (κ1) is 18.3. The van der Waals surface area contributed by atoms with Crippen molar-refractivity contribution in [3.8, 4) is 5.82 Å². The lowest BCUT2D eigenvalue weighted by atomic mass is 10.3. The van der Waals surface area contributed by atoms with E-state index < -0.39 is 0 Å². The van der Waals surface area contributed by atoms with Gasteiger partial charge in [-0.1, -0.05) is 12.1 Å². The molecule has 5 rings (SSSR count). The molecule has 9 heteroatoms. The number of fused-ring (bicyclic) bond motifs is 1. The van der Waals surface area contributed by atoms with E-state index in [-0.39, 0.29) is 6.10 Å². The van der Waals surface area contributed by atoms with Crippen LogP contribution in [0.25, 0.3) is 16.9 Å². The number of hydrogen-bond acceptors (Lipinski definition) is 8. The Morgan fingerprint density at radius 3 is 2.66 bits per heavy atom. The molecule has 0 spiro atoms. The number of ether oxygens (including phenoxy) is 2. The van der Waals surface area contributed by atoms with Gasteiger partial charge in [0.25, 0.3) is 0 Å². The summed E-state index contributed by atoms with van der Waals surface area (Å²) >= 11 is 0. The third-order valence-corrected chi connectivity index (χ3v) is 5.41. The maximum Gasteiger partial charge on any atom is 0.229 e. The lowest BCUT2D eigenvalue weighted by molar-refractivity contribution is 0.0460. The van der Waals surface area contributed by atoms with Gasteiger partial charge in [0.1, 0.15) is 18.0 Å². The number of nitrogens with zero attached hydrogens (tertiary/aromatic N) is 6. The molecule has 9 nitrogen and oxygen atoms in total. The van der Waals surface area contributed by atoms with Crippen LogP contribution in [0.5, 0.6) is 0 Å². The number of nitrogens with two attached hydrogens (primary N) is 1. The molecule has 152 valence electrons. The summed E-state index contributed by atoms with van der Waals surface area (Å²) in [6, 6.07) is 10.1. The molecule has 2 aliphatic heterocycles. The van der Waals surface area contributed by atoms with Gasteiger partial charge in [0.15, 0.2) is 0 Å². The zero-order valence-electron chi connectivity index (χ0n) is 16.3. The molecule has 0 saturated carbocycles. The Morgan fingerprint density at radius 1 is 1.00 bits per heavy atom. The van der Waals surface area contributed by atoms with Crippen LogP contribution < -0.4 is 15.5 Å². The van der Waals surface area contributed by atoms with Crippen LogP contribution in [0.2, 0.25) is 0 Å². The predicted octanol–water partition coefficient (Wildman–Crippen LogP) is 0.816. The van der Waals surface area contributed by atoms with E-state index >= 15 is 0 Å². The van der Waals surface area contributed by atoms with E-state index in [1.165, 1.54) is 0 Å². The maximum absolute atomic E-state index is 5.83. The van der Waals surface area contributed by atoms with Crippen LogP contribution >= 0.6 is 0 Å². The van der Waals surface area contributed by atoms with E-state index in [0.29, 0.717) is 38.9 Å². The van der Waals surface area contributed by atoms with Crippen molar-refractivity contribution in [1.29, 1.82) is 0 Å². The van der Waals surface area contributed by atoms with Gasteiger partial charge in [0, 0.05) is 38.8 Å². The van der Waals surface area contributed by atoms with Gasteiger partial charge in [-0.25, -0.2) is 4.98 Å². The molecule has 0 amide bonds. The van der Waals surface area contributed by atoms with Gasteiger partial charge in [-0.3, -0.25) is 4.57 Å². The summed E-state index contributed by atoms with van der Waals surface area (Å²) in [6.45, 7) is 5.57. The predicted molar refractivity (Wildman–Crippen MR) is 111 cm³/mol. The lowest BCUT2D eigenvalue weighted by Crippen LogP contribution is -2.46. The first-order valence-corrected chi connectivity index (χ1v) is 10.0. The van der Waals surface area contributed by atoms with Crippen molar-refractivity contribution in [1.82, 2.24) is 19.5 Å². The fourth-order valence-electron chi connectivity index (χ4n) is 3.81. The number of para-hydroxylation sites is 2. The molecule has 0 radical (unpaired) electrons. The first-order valence-electron chi connectivity index (χ1n) is 10.0. The second-order valence-electron chi connectivity index (χ2n) is 7.26. The van der Waals surface area contributed by atoms with E-state index in [2.05, 4.69) is 20.9 Å². The number of benzene rings is 1. The van der Waals surface area contributed by atoms with Crippen molar-refractivity contribution in [2.75, 3.05) is 62.3 Å². The first-order chi connectivity index (χ1) is 14.3.